The van der Waals surface area contributed by atoms with Gasteiger partial charge in [0.25, 0.3) is 0 Å². The van der Waals surface area contributed by atoms with Crippen LogP contribution in [0.1, 0.15) is 26.7 Å². The van der Waals surface area contributed by atoms with Crippen LogP contribution in [0.25, 0.3) is 0 Å². The van der Waals surface area contributed by atoms with Crippen molar-refractivity contribution < 1.29 is 4.79 Å². The van der Waals surface area contributed by atoms with Gasteiger partial charge >= 0.3 is 0 Å². The van der Waals surface area contributed by atoms with Crippen molar-refractivity contribution in [3.8, 4) is 0 Å². The zero-order chi connectivity index (χ0) is 14.7. The minimum absolute atomic E-state index is 0.00794. The first-order valence-corrected chi connectivity index (χ1v) is 7.47. The quantitative estimate of drug-likeness (QED) is 0.840. The first-order valence-electron chi connectivity index (χ1n) is 7.09. The summed E-state index contributed by atoms with van der Waals surface area (Å²) in [6, 6.07) is 5.03. The van der Waals surface area contributed by atoms with E-state index in [2.05, 4.69) is 24.1 Å². The van der Waals surface area contributed by atoms with Gasteiger partial charge < -0.3 is 11.1 Å². The number of halogens is 1. The maximum Gasteiger partial charge on any atom is 0.242 e. The summed E-state index contributed by atoms with van der Waals surface area (Å²) in [5, 5.41) is 3.40. The minimum Gasteiger partial charge on any atom is -0.399 e. The van der Waals surface area contributed by atoms with Gasteiger partial charge in [-0.2, -0.15) is 0 Å². The van der Waals surface area contributed by atoms with Crippen molar-refractivity contribution in [2.75, 3.05) is 24.1 Å². The van der Waals surface area contributed by atoms with Gasteiger partial charge in [-0.15, -0.1) is 0 Å². The lowest BCUT2D eigenvalue weighted by molar-refractivity contribution is -0.122. The summed E-state index contributed by atoms with van der Waals surface area (Å²) in [6.07, 6.45) is 2.33. The number of nitrogens with two attached hydrogens (primary N) is 1. The lowest BCUT2D eigenvalue weighted by atomic mass is 10.0. The average molecular weight is 296 g/mol. The molecule has 1 amide bonds. The molecule has 4 nitrogen and oxygen atoms in total. The zero-order valence-corrected chi connectivity index (χ0v) is 12.8. The van der Waals surface area contributed by atoms with Crippen molar-refractivity contribution in [3.05, 3.63) is 23.2 Å². The molecule has 0 spiro atoms. The number of amides is 1. The topological polar surface area (TPSA) is 58.4 Å². The Morgan fingerprint density at radius 3 is 2.55 bits per heavy atom. The van der Waals surface area contributed by atoms with E-state index in [4.69, 9.17) is 17.3 Å². The molecule has 0 aromatic heterocycles. The molecule has 0 aliphatic carbocycles. The lowest BCUT2D eigenvalue weighted by Crippen LogP contribution is -2.46. The molecule has 1 aromatic rings. The van der Waals surface area contributed by atoms with E-state index in [-0.39, 0.29) is 17.9 Å². The minimum atomic E-state index is -0.105. The van der Waals surface area contributed by atoms with Crippen LogP contribution in [0.2, 0.25) is 5.02 Å². The third-order valence-corrected chi connectivity index (χ3v) is 4.00. The SMILES string of the molecule is CC(C)C(C(=O)Nc1ccc(N)cc1Cl)N1CCCC1. The van der Waals surface area contributed by atoms with Crippen molar-refractivity contribution >= 4 is 28.9 Å². The second kappa shape index (κ2) is 6.46. The molecule has 1 heterocycles. The molecule has 1 unspecified atom stereocenters. The van der Waals surface area contributed by atoms with E-state index in [0.29, 0.717) is 16.4 Å². The Hall–Kier alpha value is -1.26. The highest BCUT2D eigenvalue weighted by atomic mass is 35.5. The molecule has 5 heteroatoms. The number of benzene rings is 1. The molecule has 1 saturated heterocycles. The summed E-state index contributed by atoms with van der Waals surface area (Å²) in [4.78, 5) is 14.8. The summed E-state index contributed by atoms with van der Waals surface area (Å²) in [5.41, 5.74) is 6.87. The summed E-state index contributed by atoms with van der Waals surface area (Å²) in [5.74, 6) is 0.272. The molecule has 2 rings (SSSR count). The second-order valence-corrected chi connectivity index (χ2v) is 6.07. The van der Waals surface area contributed by atoms with Gasteiger partial charge in [0.15, 0.2) is 0 Å². The molecule has 1 fully saturated rings. The third kappa shape index (κ3) is 3.44. The highest BCUT2D eigenvalue weighted by Crippen LogP contribution is 2.26. The standard InChI is InChI=1S/C15H22ClN3O/c1-10(2)14(19-7-3-4-8-19)15(20)18-13-6-5-11(17)9-12(13)16/h5-6,9-10,14H,3-4,7-8,17H2,1-2H3,(H,18,20). The van der Waals surface area contributed by atoms with E-state index < -0.39 is 0 Å². The Kier molecular flexibility index (Phi) is 4.89. The maximum atomic E-state index is 12.5. The van der Waals surface area contributed by atoms with Crippen LogP contribution in [0, 0.1) is 5.92 Å². The predicted octanol–water partition coefficient (Wildman–Crippen LogP) is 2.98. The first kappa shape index (κ1) is 15.1. The van der Waals surface area contributed by atoms with Gasteiger partial charge in [-0.05, 0) is 50.0 Å². The zero-order valence-electron chi connectivity index (χ0n) is 12.0. The largest absolute Gasteiger partial charge is 0.399 e. The van der Waals surface area contributed by atoms with Crippen LogP contribution in [0.4, 0.5) is 11.4 Å². The molecule has 1 aliphatic rings. The van der Waals surface area contributed by atoms with E-state index in [0.717, 1.165) is 13.1 Å². The van der Waals surface area contributed by atoms with E-state index in [1.54, 1.807) is 18.2 Å². The van der Waals surface area contributed by atoms with Crippen LogP contribution in [-0.2, 0) is 4.79 Å². The van der Waals surface area contributed by atoms with E-state index in [9.17, 15) is 4.79 Å². The number of carbonyl (C=O) groups excluding carboxylic acids is 1. The first-order chi connectivity index (χ1) is 9.49. The smallest absolute Gasteiger partial charge is 0.242 e. The summed E-state index contributed by atoms with van der Waals surface area (Å²) in [6.45, 7) is 6.14. The Balaban J connectivity index is 2.11. The highest BCUT2D eigenvalue weighted by molar-refractivity contribution is 6.34. The number of rotatable bonds is 4. The number of hydrogen-bond donors (Lipinski definition) is 2. The van der Waals surface area contributed by atoms with Crippen molar-refractivity contribution in [2.24, 2.45) is 5.92 Å². The molecule has 0 radical (unpaired) electrons. The number of hydrogen-bond acceptors (Lipinski definition) is 3. The Bertz CT molecular complexity index is 484. The van der Waals surface area contributed by atoms with Crippen LogP contribution >= 0.6 is 11.6 Å². The van der Waals surface area contributed by atoms with E-state index in [1.165, 1.54) is 12.8 Å². The highest BCUT2D eigenvalue weighted by Gasteiger charge is 2.30. The van der Waals surface area contributed by atoms with Gasteiger partial charge in [-0.3, -0.25) is 9.69 Å². The summed E-state index contributed by atoms with van der Waals surface area (Å²) >= 11 is 6.11. The van der Waals surface area contributed by atoms with Gasteiger partial charge in [-0.1, -0.05) is 25.4 Å². The number of nitrogen functional groups attached to an aromatic ring is 1. The summed E-state index contributed by atoms with van der Waals surface area (Å²) < 4.78 is 0. The number of carbonyl (C=O) groups is 1. The summed E-state index contributed by atoms with van der Waals surface area (Å²) in [7, 11) is 0. The lowest BCUT2D eigenvalue weighted by Gasteiger charge is -2.29. The van der Waals surface area contributed by atoms with E-state index in [1.807, 2.05) is 0 Å². The van der Waals surface area contributed by atoms with Crippen molar-refractivity contribution in [3.63, 3.8) is 0 Å². The van der Waals surface area contributed by atoms with Gasteiger partial charge in [0, 0.05) is 5.69 Å². The normalized spacial score (nSPS) is 17.4. The molecule has 1 aliphatic heterocycles. The molecule has 0 bridgehead atoms. The molecule has 0 saturated carbocycles. The molecule has 20 heavy (non-hydrogen) atoms. The van der Waals surface area contributed by atoms with Gasteiger partial charge in [0.2, 0.25) is 5.91 Å². The Morgan fingerprint density at radius 2 is 2.00 bits per heavy atom. The monoisotopic (exact) mass is 295 g/mol. The third-order valence-electron chi connectivity index (χ3n) is 3.69. The number of nitrogens with one attached hydrogen (secondary N) is 1. The molecular weight excluding hydrogens is 274 g/mol. The fraction of sp³-hybridized carbons (Fsp3) is 0.533. The van der Waals surface area contributed by atoms with Gasteiger partial charge in [0.1, 0.15) is 0 Å². The van der Waals surface area contributed by atoms with Crippen LogP contribution in [0.3, 0.4) is 0 Å². The molecule has 3 N–H and O–H groups in total. The fourth-order valence-electron chi connectivity index (χ4n) is 2.75. The average Bonchev–Trinajstić information content (AvgIpc) is 2.86. The Morgan fingerprint density at radius 1 is 1.35 bits per heavy atom. The molecule has 1 aromatic carbocycles. The van der Waals surface area contributed by atoms with Crippen LogP contribution in [0.5, 0.6) is 0 Å². The maximum absolute atomic E-state index is 12.5. The van der Waals surface area contributed by atoms with Crippen molar-refractivity contribution in [1.29, 1.82) is 0 Å². The van der Waals surface area contributed by atoms with Crippen LogP contribution in [-0.4, -0.2) is 29.9 Å². The van der Waals surface area contributed by atoms with Crippen LogP contribution in [0.15, 0.2) is 18.2 Å². The molecule has 1 atom stereocenters. The van der Waals surface area contributed by atoms with Crippen molar-refractivity contribution in [1.82, 2.24) is 4.90 Å². The molecule has 110 valence electrons. The second-order valence-electron chi connectivity index (χ2n) is 5.66. The van der Waals surface area contributed by atoms with Crippen molar-refractivity contribution in [2.45, 2.75) is 32.7 Å². The predicted molar refractivity (Wildman–Crippen MR) is 83.9 cm³/mol. The number of likely N-dealkylation sites (tertiary alicyclic amines) is 1. The van der Waals surface area contributed by atoms with E-state index >= 15 is 0 Å². The van der Waals surface area contributed by atoms with Crippen LogP contribution < -0.4 is 11.1 Å². The fourth-order valence-corrected chi connectivity index (χ4v) is 2.99. The number of nitrogens with zero attached hydrogens (tertiary/aromatic N) is 1. The Labute approximate surface area is 125 Å². The number of anilines is 2. The van der Waals surface area contributed by atoms with Gasteiger partial charge in [0.05, 0.1) is 16.8 Å². The molecular formula is C15H22ClN3O. The van der Waals surface area contributed by atoms with Gasteiger partial charge in [-0.25, -0.2) is 0 Å².